The molecule has 0 aromatic carbocycles. The summed E-state index contributed by atoms with van der Waals surface area (Å²) in [5.74, 6) is 0.0762. The zero-order chi connectivity index (χ0) is 11.4. The maximum atomic E-state index is 11.1. The first kappa shape index (κ1) is 11.0. The van der Waals surface area contributed by atoms with Gasteiger partial charge in [0.2, 0.25) is 0 Å². The molecule has 0 aromatic rings. The number of nitrogens with one attached hydrogen (secondary N) is 1. The molecule has 1 saturated heterocycles. The highest BCUT2D eigenvalue weighted by molar-refractivity contribution is 5.94. The highest BCUT2D eigenvalue weighted by Gasteiger charge is 2.37. The summed E-state index contributed by atoms with van der Waals surface area (Å²) < 4.78 is 4.37. The van der Waals surface area contributed by atoms with Crippen LogP contribution < -0.4 is 5.32 Å². The Morgan fingerprint density at radius 3 is 2.80 bits per heavy atom. The molecule has 15 heavy (non-hydrogen) atoms. The van der Waals surface area contributed by atoms with E-state index < -0.39 is 30.0 Å². The molecular formula is C9H9NO5. The first-order chi connectivity index (χ1) is 7.04. The zero-order valence-electron chi connectivity index (χ0n) is 7.73. The molecule has 1 amide bonds. The lowest BCUT2D eigenvalue weighted by Crippen LogP contribution is -2.48. The monoisotopic (exact) mass is 211 g/mol. The summed E-state index contributed by atoms with van der Waals surface area (Å²) in [6.45, 7) is 0. The topological polar surface area (TPSA) is 92.7 Å². The smallest absolute Gasteiger partial charge is 0.405 e. The zero-order valence-corrected chi connectivity index (χ0v) is 7.73. The average molecular weight is 211 g/mol. The molecule has 0 aliphatic carbocycles. The van der Waals surface area contributed by atoms with Crippen LogP contribution in [0.15, 0.2) is 0 Å². The lowest BCUT2D eigenvalue weighted by molar-refractivity contribution is -0.169. The summed E-state index contributed by atoms with van der Waals surface area (Å²) in [6.07, 6.45) is 3.86. The number of ether oxygens (including phenoxy) is 1. The van der Waals surface area contributed by atoms with Crippen LogP contribution >= 0.6 is 0 Å². The fourth-order valence-electron chi connectivity index (χ4n) is 1.31. The van der Waals surface area contributed by atoms with Crippen LogP contribution in [0.5, 0.6) is 0 Å². The van der Waals surface area contributed by atoms with Crippen LogP contribution in [0.2, 0.25) is 0 Å². The molecule has 1 heterocycles. The van der Waals surface area contributed by atoms with Crippen LogP contribution in [0.25, 0.3) is 0 Å². The predicted molar refractivity (Wildman–Crippen MR) is 47.6 cm³/mol. The molecule has 1 aliphatic heterocycles. The van der Waals surface area contributed by atoms with Crippen molar-refractivity contribution in [3.05, 3.63) is 0 Å². The van der Waals surface area contributed by atoms with E-state index in [9.17, 15) is 14.4 Å². The standard InChI is InChI=1S/C9H9NO5/c1-2-3-5-4-6(10-9(13)14)8(12)15-7(5)11/h1,5-6,10H,3-4H2,(H,13,14)/t5?,6-/m0/s1. The number of carbonyl (C=O) groups excluding carboxylic acids is 2. The van der Waals surface area contributed by atoms with Crippen molar-refractivity contribution in [2.45, 2.75) is 18.9 Å². The van der Waals surface area contributed by atoms with Crippen molar-refractivity contribution >= 4 is 18.0 Å². The molecule has 1 rings (SSSR count). The van der Waals surface area contributed by atoms with Gasteiger partial charge >= 0.3 is 18.0 Å². The van der Waals surface area contributed by atoms with Gasteiger partial charge < -0.3 is 15.2 Å². The van der Waals surface area contributed by atoms with Crippen molar-refractivity contribution in [2.24, 2.45) is 5.92 Å². The van der Waals surface area contributed by atoms with Gasteiger partial charge in [-0.3, -0.25) is 4.79 Å². The number of amides is 1. The van der Waals surface area contributed by atoms with Crippen LogP contribution in [0.1, 0.15) is 12.8 Å². The average Bonchev–Trinajstić information content (AvgIpc) is 2.12. The molecule has 80 valence electrons. The van der Waals surface area contributed by atoms with Gasteiger partial charge in [-0.1, -0.05) is 0 Å². The number of cyclic esters (lactones) is 2. The summed E-state index contributed by atoms with van der Waals surface area (Å²) >= 11 is 0. The molecule has 2 N–H and O–H groups in total. The SMILES string of the molecule is C#CCC1C[C@H](NC(=O)O)C(=O)OC1=O. The van der Waals surface area contributed by atoms with Crippen LogP contribution in [0.4, 0.5) is 4.79 Å². The Balaban J connectivity index is 2.67. The number of rotatable bonds is 2. The molecular weight excluding hydrogens is 202 g/mol. The van der Waals surface area contributed by atoms with E-state index in [0.717, 1.165) is 0 Å². The fraction of sp³-hybridized carbons (Fsp3) is 0.444. The maximum Gasteiger partial charge on any atom is 0.405 e. The Morgan fingerprint density at radius 2 is 2.27 bits per heavy atom. The second-order valence-electron chi connectivity index (χ2n) is 3.08. The van der Waals surface area contributed by atoms with Crippen LogP contribution in [0, 0.1) is 18.3 Å². The van der Waals surface area contributed by atoms with Crippen molar-refractivity contribution in [3.63, 3.8) is 0 Å². The first-order valence-corrected chi connectivity index (χ1v) is 4.23. The van der Waals surface area contributed by atoms with E-state index in [1.807, 2.05) is 5.32 Å². The first-order valence-electron chi connectivity index (χ1n) is 4.23. The van der Waals surface area contributed by atoms with E-state index in [2.05, 4.69) is 10.7 Å². The Morgan fingerprint density at radius 1 is 1.60 bits per heavy atom. The Kier molecular flexibility index (Phi) is 3.29. The quantitative estimate of drug-likeness (QED) is 0.373. The molecule has 0 bridgehead atoms. The maximum absolute atomic E-state index is 11.1. The van der Waals surface area contributed by atoms with Gasteiger partial charge in [-0.25, -0.2) is 9.59 Å². The third-order valence-electron chi connectivity index (χ3n) is 2.00. The van der Waals surface area contributed by atoms with Crippen LogP contribution in [-0.2, 0) is 14.3 Å². The lowest BCUT2D eigenvalue weighted by Gasteiger charge is -2.24. The van der Waals surface area contributed by atoms with Gasteiger partial charge in [0.05, 0.1) is 5.92 Å². The molecule has 6 heteroatoms. The van der Waals surface area contributed by atoms with Crippen molar-refractivity contribution in [1.29, 1.82) is 0 Å². The third-order valence-corrected chi connectivity index (χ3v) is 2.00. The second kappa shape index (κ2) is 4.46. The summed E-state index contributed by atoms with van der Waals surface area (Å²) in [4.78, 5) is 32.5. The molecule has 6 nitrogen and oxygen atoms in total. The molecule has 0 spiro atoms. The number of carboxylic acid groups (broad SMARTS) is 1. The van der Waals surface area contributed by atoms with Gasteiger partial charge in [0, 0.05) is 6.42 Å². The van der Waals surface area contributed by atoms with E-state index in [1.165, 1.54) is 0 Å². The summed E-state index contributed by atoms with van der Waals surface area (Å²) in [6, 6.07) is -1.02. The summed E-state index contributed by atoms with van der Waals surface area (Å²) in [5.41, 5.74) is 0. The summed E-state index contributed by atoms with van der Waals surface area (Å²) in [5, 5.41) is 10.4. The Bertz CT molecular complexity index is 343. The molecule has 1 fully saturated rings. The highest BCUT2D eigenvalue weighted by atomic mass is 16.6. The van der Waals surface area contributed by atoms with Crippen molar-refractivity contribution in [3.8, 4) is 12.3 Å². The van der Waals surface area contributed by atoms with Gasteiger partial charge in [0.25, 0.3) is 0 Å². The number of esters is 2. The van der Waals surface area contributed by atoms with Crippen LogP contribution in [-0.4, -0.2) is 29.2 Å². The lowest BCUT2D eigenvalue weighted by atomic mass is 9.94. The Hall–Kier alpha value is -2.03. The third kappa shape index (κ3) is 2.71. The van der Waals surface area contributed by atoms with E-state index in [4.69, 9.17) is 11.5 Å². The van der Waals surface area contributed by atoms with Gasteiger partial charge in [-0.2, -0.15) is 0 Å². The highest BCUT2D eigenvalue weighted by Crippen LogP contribution is 2.19. The van der Waals surface area contributed by atoms with Crippen molar-refractivity contribution in [1.82, 2.24) is 5.32 Å². The predicted octanol–water partition coefficient (Wildman–Crippen LogP) is -0.264. The fourth-order valence-corrected chi connectivity index (χ4v) is 1.31. The number of terminal acetylenes is 1. The number of hydrogen-bond donors (Lipinski definition) is 2. The minimum atomic E-state index is -1.34. The second-order valence-corrected chi connectivity index (χ2v) is 3.08. The van der Waals surface area contributed by atoms with Crippen LogP contribution in [0.3, 0.4) is 0 Å². The normalized spacial score (nSPS) is 25.3. The van der Waals surface area contributed by atoms with E-state index in [1.54, 1.807) is 0 Å². The van der Waals surface area contributed by atoms with Gasteiger partial charge in [0.1, 0.15) is 6.04 Å². The molecule has 1 aliphatic rings. The van der Waals surface area contributed by atoms with E-state index in [-0.39, 0.29) is 12.8 Å². The van der Waals surface area contributed by atoms with Gasteiger partial charge in [-0.15, -0.1) is 12.3 Å². The minimum Gasteiger partial charge on any atom is -0.465 e. The van der Waals surface area contributed by atoms with Crippen molar-refractivity contribution < 1.29 is 24.2 Å². The molecule has 1 unspecified atom stereocenters. The van der Waals surface area contributed by atoms with E-state index in [0.29, 0.717) is 0 Å². The Labute approximate surface area is 85.6 Å². The molecule has 2 atom stereocenters. The number of hydrogen-bond acceptors (Lipinski definition) is 4. The molecule has 0 aromatic heterocycles. The largest absolute Gasteiger partial charge is 0.465 e. The number of carbonyl (C=O) groups is 3. The summed E-state index contributed by atoms with van der Waals surface area (Å²) in [7, 11) is 0. The molecule has 0 saturated carbocycles. The van der Waals surface area contributed by atoms with Crippen molar-refractivity contribution in [2.75, 3.05) is 0 Å². The minimum absolute atomic E-state index is 0.0498. The van der Waals surface area contributed by atoms with E-state index >= 15 is 0 Å². The van der Waals surface area contributed by atoms with Gasteiger partial charge in [0.15, 0.2) is 0 Å². The molecule has 0 radical (unpaired) electrons. The van der Waals surface area contributed by atoms with Gasteiger partial charge in [-0.05, 0) is 6.42 Å².